The van der Waals surface area contributed by atoms with E-state index in [4.69, 9.17) is 10.5 Å². The quantitative estimate of drug-likeness (QED) is 0.388. The fourth-order valence-corrected chi connectivity index (χ4v) is 3.47. The molecule has 188 valence electrons. The molecule has 4 aromatic rings. The van der Waals surface area contributed by atoms with Crippen LogP contribution in [0.2, 0.25) is 0 Å². The number of ether oxygens (including phenoxy) is 1. The molecule has 0 atom stereocenters. The molecule has 0 saturated carbocycles. The molecule has 0 saturated heterocycles. The summed E-state index contributed by atoms with van der Waals surface area (Å²) in [7, 11) is 0. The summed E-state index contributed by atoms with van der Waals surface area (Å²) < 4.78 is 86.1. The highest BCUT2D eigenvalue weighted by atomic mass is 19.4. The number of benzene rings is 2. The Morgan fingerprint density at radius 3 is 2.08 bits per heavy atom. The highest BCUT2D eigenvalue weighted by Gasteiger charge is 2.37. The van der Waals surface area contributed by atoms with Crippen molar-refractivity contribution in [3.8, 4) is 22.8 Å². The van der Waals surface area contributed by atoms with Crippen LogP contribution in [0.15, 0.2) is 47.3 Å². The molecule has 0 fully saturated rings. The van der Waals surface area contributed by atoms with E-state index in [0.29, 0.717) is 34.6 Å². The number of nitrogens with zero attached hydrogens (tertiary/aromatic N) is 3. The maximum atomic E-state index is 13.4. The second-order valence-electron chi connectivity index (χ2n) is 7.45. The smallest absolute Gasteiger partial charge is 0.416 e. The second kappa shape index (κ2) is 8.70. The van der Waals surface area contributed by atoms with E-state index in [1.54, 1.807) is 19.1 Å². The van der Waals surface area contributed by atoms with Gasteiger partial charge in [-0.25, -0.2) is 19.3 Å². The van der Waals surface area contributed by atoms with Gasteiger partial charge in [0.1, 0.15) is 11.3 Å². The van der Waals surface area contributed by atoms with Crippen LogP contribution in [-0.4, -0.2) is 32.0 Å². The molecule has 0 unspecified atom stereocenters. The van der Waals surface area contributed by atoms with Crippen molar-refractivity contribution in [2.45, 2.75) is 19.3 Å². The summed E-state index contributed by atoms with van der Waals surface area (Å²) in [5.41, 5.74) is -0.802. The normalized spacial score (nSPS) is 12.2. The molecule has 2 aromatic carbocycles. The van der Waals surface area contributed by atoms with Crippen molar-refractivity contribution < 1.29 is 35.9 Å². The van der Waals surface area contributed by atoms with Crippen LogP contribution in [0.25, 0.3) is 28.2 Å². The average molecular weight is 511 g/mol. The lowest BCUT2D eigenvalue weighted by atomic mass is 10.1. The minimum atomic E-state index is -5.15. The van der Waals surface area contributed by atoms with Gasteiger partial charge >= 0.3 is 18.0 Å². The average Bonchev–Trinajstić information content (AvgIpc) is 3.13. The Kier molecular flexibility index (Phi) is 5.98. The molecule has 0 aliphatic heterocycles. The number of aromatic amines is 1. The number of carbonyl (C=O) groups is 1. The molecule has 36 heavy (non-hydrogen) atoms. The zero-order chi connectivity index (χ0) is 26.4. The van der Waals surface area contributed by atoms with Crippen molar-refractivity contribution in [2.75, 3.05) is 6.61 Å². The molecule has 0 aliphatic rings. The van der Waals surface area contributed by atoms with Crippen molar-refractivity contribution in [3.63, 3.8) is 0 Å². The van der Waals surface area contributed by atoms with Crippen LogP contribution < -0.4 is 16.2 Å². The lowest BCUT2D eigenvalue weighted by Gasteiger charge is -2.14. The van der Waals surface area contributed by atoms with Gasteiger partial charge in [0, 0.05) is 5.56 Å². The summed E-state index contributed by atoms with van der Waals surface area (Å²) in [6, 6.07) is 6.81. The number of carbonyl (C=O) groups excluding carboxylic acids is 1. The number of H-pyrrole nitrogens is 1. The molecule has 0 aliphatic carbocycles. The number of fused-ring (bicyclic) bond motifs is 1. The van der Waals surface area contributed by atoms with Crippen LogP contribution in [-0.2, 0) is 12.4 Å². The van der Waals surface area contributed by atoms with Crippen molar-refractivity contribution in [2.24, 2.45) is 5.73 Å². The van der Waals surface area contributed by atoms with E-state index in [1.165, 1.54) is 12.1 Å². The SMILES string of the molecule is CCOc1ccc(-c2nc(C(N)=O)c3[nH]c(=O)n(-c4cc(C(F)(F)F)cc(C(F)(F)F)c4)c3n2)cc1. The summed E-state index contributed by atoms with van der Waals surface area (Å²) in [5.74, 6) is -0.766. The van der Waals surface area contributed by atoms with Gasteiger partial charge in [0.05, 0.1) is 23.4 Å². The first kappa shape index (κ1) is 24.8. The number of imidazole rings is 1. The molecule has 8 nitrogen and oxygen atoms in total. The molecule has 0 radical (unpaired) electrons. The number of amides is 1. The third-order valence-electron chi connectivity index (χ3n) is 5.02. The van der Waals surface area contributed by atoms with Gasteiger partial charge in [0.25, 0.3) is 5.91 Å². The van der Waals surface area contributed by atoms with E-state index in [0.717, 1.165) is 0 Å². The fourth-order valence-electron chi connectivity index (χ4n) is 3.47. The summed E-state index contributed by atoms with van der Waals surface area (Å²) in [4.78, 5) is 35.1. The van der Waals surface area contributed by atoms with Gasteiger partial charge in [-0.15, -0.1) is 0 Å². The predicted octanol–water partition coefficient (Wildman–Crippen LogP) is 4.31. The summed E-state index contributed by atoms with van der Waals surface area (Å²) in [6.45, 7) is 2.16. The number of rotatable bonds is 5. The number of nitrogens with two attached hydrogens (primary N) is 1. The van der Waals surface area contributed by atoms with E-state index in [2.05, 4.69) is 15.0 Å². The van der Waals surface area contributed by atoms with Gasteiger partial charge in [-0.1, -0.05) is 0 Å². The third-order valence-corrected chi connectivity index (χ3v) is 5.02. The van der Waals surface area contributed by atoms with Crippen LogP contribution in [0.5, 0.6) is 5.75 Å². The van der Waals surface area contributed by atoms with Crippen LogP contribution in [0.1, 0.15) is 28.5 Å². The Bertz CT molecular complexity index is 1490. The maximum absolute atomic E-state index is 13.4. The zero-order valence-corrected chi connectivity index (χ0v) is 18.2. The minimum Gasteiger partial charge on any atom is -0.494 e. The molecule has 4 rings (SSSR count). The summed E-state index contributed by atoms with van der Waals surface area (Å²) in [6.07, 6.45) is -10.3. The molecular weight excluding hydrogens is 496 g/mol. The predicted molar refractivity (Wildman–Crippen MR) is 115 cm³/mol. The minimum absolute atomic E-state index is 0.0709. The lowest BCUT2D eigenvalue weighted by Crippen LogP contribution is -2.18. The highest BCUT2D eigenvalue weighted by Crippen LogP contribution is 2.37. The van der Waals surface area contributed by atoms with E-state index in [1.807, 2.05) is 0 Å². The van der Waals surface area contributed by atoms with Gasteiger partial charge in [0.15, 0.2) is 17.2 Å². The number of hydrogen-bond acceptors (Lipinski definition) is 5. The highest BCUT2D eigenvalue weighted by molar-refractivity contribution is 6.02. The Balaban J connectivity index is 2.02. The first-order chi connectivity index (χ1) is 16.8. The topological polar surface area (TPSA) is 116 Å². The molecule has 2 heterocycles. The molecule has 2 aromatic heterocycles. The molecule has 0 bridgehead atoms. The first-order valence-electron chi connectivity index (χ1n) is 10.1. The Morgan fingerprint density at radius 2 is 1.58 bits per heavy atom. The van der Waals surface area contributed by atoms with Gasteiger partial charge < -0.3 is 15.5 Å². The van der Waals surface area contributed by atoms with Gasteiger partial charge in [-0.05, 0) is 49.4 Å². The number of alkyl halides is 6. The van der Waals surface area contributed by atoms with Crippen LogP contribution in [0, 0.1) is 0 Å². The standard InChI is InChI=1S/C22H15F6N5O3/c1-2-36-14-5-3-10(4-6-14)18-30-15(17(29)34)16-19(32-18)33(20(35)31-16)13-8-11(21(23,24)25)7-12(9-13)22(26,27)28/h3-9H,2H2,1H3,(H2,29,34)(H,31,35). The first-order valence-corrected chi connectivity index (χ1v) is 10.1. The third kappa shape index (κ3) is 4.61. The second-order valence-corrected chi connectivity index (χ2v) is 7.45. The number of hydrogen-bond donors (Lipinski definition) is 2. The van der Waals surface area contributed by atoms with Crippen LogP contribution in [0.4, 0.5) is 26.3 Å². The Hall–Kier alpha value is -4.36. The van der Waals surface area contributed by atoms with Crippen molar-refractivity contribution >= 4 is 17.1 Å². The molecule has 0 spiro atoms. The van der Waals surface area contributed by atoms with Crippen molar-refractivity contribution in [3.05, 3.63) is 69.8 Å². The summed E-state index contributed by atoms with van der Waals surface area (Å²) >= 11 is 0. The number of primary amides is 1. The van der Waals surface area contributed by atoms with Gasteiger partial charge in [-0.3, -0.25) is 4.79 Å². The number of halogens is 6. The Labute approximate surface area is 197 Å². The monoisotopic (exact) mass is 511 g/mol. The number of nitrogens with one attached hydrogen (secondary N) is 1. The van der Waals surface area contributed by atoms with Crippen molar-refractivity contribution in [1.29, 1.82) is 0 Å². The van der Waals surface area contributed by atoms with E-state index < -0.39 is 52.1 Å². The number of aromatic nitrogens is 4. The summed E-state index contributed by atoms with van der Waals surface area (Å²) in [5, 5.41) is 0. The van der Waals surface area contributed by atoms with Gasteiger partial charge in [0.2, 0.25) is 0 Å². The lowest BCUT2D eigenvalue weighted by molar-refractivity contribution is -0.143. The Morgan fingerprint density at radius 1 is 1.00 bits per heavy atom. The van der Waals surface area contributed by atoms with Crippen molar-refractivity contribution in [1.82, 2.24) is 19.5 Å². The van der Waals surface area contributed by atoms with E-state index in [9.17, 15) is 35.9 Å². The van der Waals surface area contributed by atoms with Gasteiger partial charge in [-0.2, -0.15) is 26.3 Å². The molecule has 1 amide bonds. The van der Waals surface area contributed by atoms with Crippen LogP contribution >= 0.6 is 0 Å². The zero-order valence-electron chi connectivity index (χ0n) is 18.2. The maximum Gasteiger partial charge on any atom is 0.416 e. The van der Waals surface area contributed by atoms with E-state index >= 15 is 0 Å². The largest absolute Gasteiger partial charge is 0.494 e. The molecule has 14 heteroatoms. The fraction of sp³-hybridized carbons (Fsp3) is 0.182. The molecular formula is C22H15F6N5O3. The van der Waals surface area contributed by atoms with Crippen LogP contribution in [0.3, 0.4) is 0 Å². The molecule has 3 N–H and O–H groups in total. The van der Waals surface area contributed by atoms with E-state index in [-0.39, 0.29) is 17.4 Å².